The molecule has 0 aromatic heterocycles. The zero-order chi connectivity index (χ0) is 23.8. The van der Waals surface area contributed by atoms with Crippen molar-refractivity contribution in [1.29, 1.82) is 0 Å². The molecular formula is C25H27FN2O4S. The SMILES string of the molecule is CCOc1ccc(S(=O)(=O)N(CC(=O)NCc2ccc(F)cc2)Cc2ccccc2)cc1C. The van der Waals surface area contributed by atoms with E-state index >= 15 is 0 Å². The van der Waals surface area contributed by atoms with Crippen LogP contribution in [0.5, 0.6) is 5.75 Å². The van der Waals surface area contributed by atoms with E-state index in [1.807, 2.05) is 37.3 Å². The van der Waals surface area contributed by atoms with Crippen LogP contribution in [-0.2, 0) is 27.9 Å². The number of carbonyl (C=O) groups is 1. The van der Waals surface area contributed by atoms with Gasteiger partial charge in [-0.1, -0.05) is 42.5 Å². The Labute approximate surface area is 194 Å². The van der Waals surface area contributed by atoms with Crippen LogP contribution in [0.3, 0.4) is 0 Å². The topological polar surface area (TPSA) is 75.7 Å². The van der Waals surface area contributed by atoms with Crippen LogP contribution in [0.1, 0.15) is 23.6 Å². The van der Waals surface area contributed by atoms with Crippen LogP contribution in [0.15, 0.2) is 77.7 Å². The first-order chi connectivity index (χ1) is 15.8. The van der Waals surface area contributed by atoms with Crippen LogP contribution < -0.4 is 10.1 Å². The maximum absolute atomic E-state index is 13.5. The predicted octanol–water partition coefficient (Wildman–Crippen LogP) is 4.04. The molecule has 33 heavy (non-hydrogen) atoms. The molecule has 6 nitrogen and oxygen atoms in total. The number of carbonyl (C=O) groups excluding carboxylic acids is 1. The number of hydrogen-bond donors (Lipinski definition) is 1. The van der Waals surface area contributed by atoms with Crippen molar-refractivity contribution in [2.75, 3.05) is 13.2 Å². The summed E-state index contributed by atoms with van der Waals surface area (Å²) in [6, 6.07) is 19.5. The van der Waals surface area contributed by atoms with Gasteiger partial charge in [0.15, 0.2) is 0 Å². The second-order valence-corrected chi connectivity index (χ2v) is 9.46. The van der Waals surface area contributed by atoms with E-state index < -0.39 is 15.9 Å². The Balaban J connectivity index is 1.81. The van der Waals surface area contributed by atoms with Crippen LogP contribution in [0.2, 0.25) is 0 Å². The van der Waals surface area contributed by atoms with E-state index in [1.54, 1.807) is 31.2 Å². The molecule has 1 N–H and O–H groups in total. The minimum Gasteiger partial charge on any atom is -0.494 e. The van der Waals surface area contributed by atoms with Gasteiger partial charge < -0.3 is 10.1 Å². The van der Waals surface area contributed by atoms with Crippen molar-refractivity contribution >= 4 is 15.9 Å². The summed E-state index contributed by atoms with van der Waals surface area (Å²) in [5.74, 6) is -0.208. The number of sulfonamides is 1. The standard InChI is InChI=1S/C25H27FN2O4S/c1-3-32-24-14-13-23(15-19(24)2)33(30,31)28(17-21-7-5-4-6-8-21)18-25(29)27-16-20-9-11-22(26)12-10-20/h4-15H,3,16-18H2,1-2H3,(H,27,29). The molecule has 174 valence electrons. The number of benzene rings is 3. The summed E-state index contributed by atoms with van der Waals surface area (Å²) in [6.07, 6.45) is 0. The Morgan fingerprint density at radius 2 is 1.70 bits per heavy atom. The molecule has 0 spiro atoms. The largest absolute Gasteiger partial charge is 0.494 e. The summed E-state index contributed by atoms with van der Waals surface area (Å²) in [7, 11) is -3.97. The van der Waals surface area contributed by atoms with Crippen LogP contribution in [0.25, 0.3) is 0 Å². The van der Waals surface area contributed by atoms with Gasteiger partial charge in [-0.3, -0.25) is 4.79 Å². The molecule has 0 heterocycles. The van der Waals surface area contributed by atoms with E-state index in [1.165, 1.54) is 18.2 Å². The summed E-state index contributed by atoms with van der Waals surface area (Å²) in [5, 5.41) is 2.71. The fraction of sp³-hybridized carbons (Fsp3) is 0.240. The molecule has 0 aliphatic rings. The molecule has 3 aromatic rings. The smallest absolute Gasteiger partial charge is 0.243 e. The molecule has 8 heteroatoms. The molecule has 0 fully saturated rings. The molecule has 3 aromatic carbocycles. The molecule has 0 bridgehead atoms. The van der Waals surface area contributed by atoms with E-state index in [0.29, 0.717) is 23.5 Å². The minimum absolute atomic E-state index is 0.0411. The first-order valence-electron chi connectivity index (χ1n) is 10.6. The Morgan fingerprint density at radius 1 is 1.00 bits per heavy atom. The fourth-order valence-electron chi connectivity index (χ4n) is 3.28. The number of hydrogen-bond acceptors (Lipinski definition) is 4. The third kappa shape index (κ3) is 6.63. The van der Waals surface area contributed by atoms with Gasteiger partial charge in [-0.05, 0) is 60.9 Å². The van der Waals surface area contributed by atoms with Crippen molar-refractivity contribution in [3.63, 3.8) is 0 Å². The molecule has 1 amide bonds. The number of rotatable bonds is 10. The number of nitrogens with one attached hydrogen (secondary N) is 1. The summed E-state index contributed by atoms with van der Waals surface area (Å²) >= 11 is 0. The van der Waals surface area contributed by atoms with Gasteiger partial charge in [0.05, 0.1) is 18.0 Å². The fourth-order valence-corrected chi connectivity index (χ4v) is 4.75. The molecular weight excluding hydrogens is 443 g/mol. The summed E-state index contributed by atoms with van der Waals surface area (Å²) in [5.41, 5.74) is 2.16. The number of halogens is 1. The highest BCUT2D eigenvalue weighted by Gasteiger charge is 2.27. The molecule has 0 atom stereocenters. The van der Waals surface area contributed by atoms with Crippen LogP contribution in [-0.4, -0.2) is 31.8 Å². The monoisotopic (exact) mass is 470 g/mol. The highest BCUT2D eigenvalue weighted by Crippen LogP contribution is 2.25. The van der Waals surface area contributed by atoms with Crippen molar-refractivity contribution in [1.82, 2.24) is 9.62 Å². The Morgan fingerprint density at radius 3 is 2.33 bits per heavy atom. The highest BCUT2D eigenvalue weighted by atomic mass is 32.2. The van der Waals surface area contributed by atoms with Crippen molar-refractivity contribution in [3.05, 3.63) is 95.3 Å². The van der Waals surface area contributed by atoms with Crippen molar-refractivity contribution < 1.29 is 22.3 Å². The highest BCUT2D eigenvalue weighted by molar-refractivity contribution is 7.89. The normalized spacial score (nSPS) is 11.4. The first-order valence-corrected chi connectivity index (χ1v) is 12.0. The predicted molar refractivity (Wildman–Crippen MR) is 125 cm³/mol. The maximum Gasteiger partial charge on any atom is 0.243 e. The lowest BCUT2D eigenvalue weighted by Crippen LogP contribution is -2.40. The van der Waals surface area contributed by atoms with Crippen LogP contribution in [0.4, 0.5) is 4.39 Å². The van der Waals surface area contributed by atoms with Gasteiger partial charge in [-0.2, -0.15) is 4.31 Å². The molecule has 3 rings (SSSR count). The summed E-state index contributed by atoms with van der Waals surface area (Å²) in [6.45, 7) is 3.96. The zero-order valence-corrected chi connectivity index (χ0v) is 19.4. The average Bonchev–Trinajstić information content (AvgIpc) is 2.80. The van der Waals surface area contributed by atoms with Gasteiger partial charge in [0.25, 0.3) is 0 Å². The lowest BCUT2D eigenvalue weighted by molar-refractivity contribution is -0.121. The van der Waals surface area contributed by atoms with Gasteiger partial charge in [0, 0.05) is 13.1 Å². The molecule has 0 saturated carbocycles. The Kier molecular flexibility index (Phi) is 8.19. The quantitative estimate of drug-likeness (QED) is 0.485. The van der Waals surface area contributed by atoms with Crippen LogP contribution in [0, 0.1) is 12.7 Å². The number of amides is 1. The van der Waals surface area contributed by atoms with Crippen LogP contribution >= 0.6 is 0 Å². The maximum atomic E-state index is 13.5. The van der Waals surface area contributed by atoms with Gasteiger partial charge in [-0.15, -0.1) is 0 Å². The van der Waals surface area contributed by atoms with Gasteiger partial charge >= 0.3 is 0 Å². The molecule has 0 aliphatic heterocycles. The van der Waals surface area contributed by atoms with Gasteiger partial charge in [0.1, 0.15) is 11.6 Å². The zero-order valence-electron chi connectivity index (χ0n) is 18.6. The average molecular weight is 471 g/mol. The minimum atomic E-state index is -3.97. The number of ether oxygens (including phenoxy) is 1. The van der Waals surface area contributed by atoms with Crippen molar-refractivity contribution in [2.45, 2.75) is 31.8 Å². The third-order valence-electron chi connectivity index (χ3n) is 5.01. The number of aryl methyl sites for hydroxylation is 1. The first kappa shape index (κ1) is 24.4. The Bertz CT molecular complexity index is 1180. The Hall–Kier alpha value is -3.23. The van der Waals surface area contributed by atoms with E-state index in [9.17, 15) is 17.6 Å². The van der Waals surface area contributed by atoms with E-state index in [4.69, 9.17) is 4.74 Å². The van der Waals surface area contributed by atoms with Gasteiger partial charge in [0.2, 0.25) is 15.9 Å². The number of nitrogens with zero attached hydrogens (tertiary/aromatic N) is 1. The van der Waals surface area contributed by atoms with Crippen molar-refractivity contribution in [2.24, 2.45) is 0 Å². The molecule has 0 saturated heterocycles. The lowest BCUT2D eigenvalue weighted by Gasteiger charge is -2.22. The molecule has 0 unspecified atom stereocenters. The van der Waals surface area contributed by atoms with E-state index in [0.717, 1.165) is 9.87 Å². The third-order valence-corrected chi connectivity index (χ3v) is 6.80. The summed E-state index contributed by atoms with van der Waals surface area (Å²) in [4.78, 5) is 12.7. The van der Waals surface area contributed by atoms with Gasteiger partial charge in [-0.25, -0.2) is 12.8 Å². The summed E-state index contributed by atoms with van der Waals surface area (Å²) < 4.78 is 46.7. The van der Waals surface area contributed by atoms with E-state index in [-0.39, 0.29) is 30.3 Å². The van der Waals surface area contributed by atoms with Crippen molar-refractivity contribution in [3.8, 4) is 5.75 Å². The molecule has 0 aliphatic carbocycles. The second-order valence-electron chi connectivity index (χ2n) is 7.52. The molecule has 0 radical (unpaired) electrons. The second kappa shape index (κ2) is 11.1. The van der Waals surface area contributed by atoms with E-state index in [2.05, 4.69) is 5.32 Å². The lowest BCUT2D eigenvalue weighted by atomic mass is 10.2.